The van der Waals surface area contributed by atoms with Gasteiger partial charge in [0.2, 0.25) is 10.0 Å². The monoisotopic (exact) mass is 344 g/mol. The largest absolute Gasteiger partial charge is 0.381 e. The van der Waals surface area contributed by atoms with E-state index < -0.39 is 10.0 Å². The van der Waals surface area contributed by atoms with E-state index in [4.69, 9.17) is 4.74 Å². The summed E-state index contributed by atoms with van der Waals surface area (Å²) in [7, 11) is -3.17. The summed E-state index contributed by atoms with van der Waals surface area (Å²) >= 11 is 0. The predicted molar refractivity (Wildman–Crippen MR) is 91.9 cm³/mol. The fraction of sp³-hybridized carbons (Fsp3) is 1.00. The molecular weight excluding hydrogens is 312 g/mol. The van der Waals surface area contributed by atoms with Crippen molar-refractivity contribution in [2.45, 2.75) is 57.4 Å². The lowest BCUT2D eigenvalue weighted by Gasteiger charge is -2.31. The van der Waals surface area contributed by atoms with E-state index in [0.717, 1.165) is 25.3 Å². The molecule has 3 aliphatic rings. The lowest BCUT2D eigenvalue weighted by molar-refractivity contribution is 0.187. The Labute approximate surface area is 141 Å². The third-order valence-electron chi connectivity index (χ3n) is 5.73. The van der Waals surface area contributed by atoms with E-state index in [1.165, 1.54) is 45.1 Å². The summed E-state index contributed by atoms with van der Waals surface area (Å²) in [6.07, 6.45) is 10.1. The van der Waals surface area contributed by atoms with Crippen molar-refractivity contribution in [1.29, 1.82) is 0 Å². The maximum absolute atomic E-state index is 12.3. The zero-order valence-corrected chi connectivity index (χ0v) is 15.0. The van der Waals surface area contributed by atoms with Gasteiger partial charge in [-0.1, -0.05) is 19.3 Å². The van der Waals surface area contributed by atoms with Gasteiger partial charge in [-0.3, -0.25) is 4.90 Å². The first-order valence-electron chi connectivity index (χ1n) is 9.41. The standard InChI is InChI=1S/C17H32N2O3S/c20-23(21,14-16-8-10-22-13-16)18-11-17-7-4-9-19(17)12-15-5-2-1-3-6-15/h15-18H,1-14H2. The summed E-state index contributed by atoms with van der Waals surface area (Å²) in [4.78, 5) is 2.54. The van der Waals surface area contributed by atoms with Gasteiger partial charge in [-0.05, 0) is 50.5 Å². The Bertz CT molecular complexity index is 456. The van der Waals surface area contributed by atoms with Crippen molar-refractivity contribution in [3.63, 3.8) is 0 Å². The Hall–Kier alpha value is -0.170. The molecule has 6 heteroatoms. The maximum Gasteiger partial charge on any atom is 0.212 e. The van der Waals surface area contributed by atoms with Gasteiger partial charge in [0.15, 0.2) is 0 Å². The van der Waals surface area contributed by atoms with Crippen molar-refractivity contribution >= 4 is 10.0 Å². The average molecular weight is 345 g/mol. The van der Waals surface area contributed by atoms with E-state index in [1.54, 1.807) is 0 Å². The molecule has 2 unspecified atom stereocenters. The molecule has 2 aliphatic heterocycles. The van der Waals surface area contributed by atoms with Crippen molar-refractivity contribution in [2.75, 3.05) is 38.6 Å². The van der Waals surface area contributed by atoms with Gasteiger partial charge < -0.3 is 4.74 Å². The Balaban J connectivity index is 1.44. The van der Waals surface area contributed by atoms with Gasteiger partial charge >= 0.3 is 0 Å². The number of hydrogen-bond donors (Lipinski definition) is 1. The van der Waals surface area contributed by atoms with E-state index in [-0.39, 0.29) is 11.7 Å². The molecule has 2 atom stereocenters. The summed E-state index contributed by atoms with van der Waals surface area (Å²) in [5.41, 5.74) is 0. The molecule has 0 spiro atoms. The minimum atomic E-state index is -3.17. The van der Waals surface area contributed by atoms with Gasteiger partial charge in [0.1, 0.15) is 0 Å². The van der Waals surface area contributed by atoms with Crippen LogP contribution in [-0.2, 0) is 14.8 Å². The summed E-state index contributed by atoms with van der Waals surface area (Å²) in [5, 5.41) is 0. The molecule has 23 heavy (non-hydrogen) atoms. The second kappa shape index (κ2) is 8.28. The van der Waals surface area contributed by atoms with Gasteiger partial charge in [0, 0.05) is 25.7 Å². The predicted octanol–water partition coefficient (Wildman–Crippen LogP) is 1.99. The summed E-state index contributed by atoms with van der Waals surface area (Å²) in [6.45, 7) is 4.20. The molecule has 1 aliphatic carbocycles. The first-order valence-corrected chi connectivity index (χ1v) is 11.1. The van der Waals surface area contributed by atoms with E-state index in [0.29, 0.717) is 25.8 Å². The third kappa shape index (κ3) is 5.41. The number of rotatable bonds is 7. The van der Waals surface area contributed by atoms with Crippen LogP contribution in [-0.4, -0.2) is 58.0 Å². The van der Waals surface area contributed by atoms with Gasteiger partial charge in [-0.2, -0.15) is 0 Å². The van der Waals surface area contributed by atoms with Crippen LogP contribution in [0.2, 0.25) is 0 Å². The zero-order chi connectivity index (χ0) is 16.1. The Morgan fingerprint density at radius 1 is 1.00 bits per heavy atom. The van der Waals surface area contributed by atoms with Crippen LogP contribution >= 0.6 is 0 Å². The summed E-state index contributed by atoms with van der Waals surface area (Å²) < 4.78 is 32.7. The van der Waals surface area contributed by atoms with Crippen molar-refractivity contribution in [1.82, 2.24) is 9.62 Å². The average Bonchev–Trinajstić information content (AvgIpc) is 3.18. The topological polar surface area (TPSA) is 58.6 Å². The molecule has 0 aromatic heterocycles. The third-order valence-corrected chi connectivity index (χ3v) is 7.25. The van der Waals surface area contributed by atoms with Crippen LogP contribution in [0.4, 0.5) is 0 Å². The van der Waals surface area contributed by atoms with Gasteiger partial charge in [0.05, 0.1) is 12.4 Å². The smallest absolute Gasteiger partial charge is 0.212 e. The molecule has 3 fully saturated rings. The number of nitrogens with zero attached hydrogens (tertiary/aromatic N) is 1. The normalized spacial score (nSPS) is 31.0. The quantitative estimate of drug-likeness (QED) is 0.767. The van der Waals surface area contributed by atoms with Crippen LogP contribution in [0.5, 0.6) is 0 Å². The molecule has 2 heterocycles. The molecule has 1 saturated carbocycles. The highest BCUT2D eigenvalue weighted by Crippen LogP contribution is 2.27. The van der Waals surface area contributed by atoms with Crippen LogP contribution < -0.4 is 4.72 Å². The summed E-state index contributed by atoms with van der Waals surface area (Å²) in [6, 6.07) is 0.395. The second-order valence-electron chi connectivity index (χ2n) is 7.65. The first-order chi connectivity index (χ1) is 11.1. The highest BCUT2D eigenvalue weighted by molar-refractivity contribution is 7.89. The Morgan fingerprint density at radius 2 is 1.83 bits per heavy atom. The van der Waals surface area contributed by atoms with Crippen LogP contribution in [0.15, 0.2) is 0 Å². The van der Waals surface area contributed by atoms with E-state index in [1.807, 2.05) is 0 Å². The van der Waals surface area contributed by atoms with Gasteiger partial charge in [0.25, 0.3) is 0 Å². The molecule has 0 aromatic rings. The number of ether oxygens (including phenoxy) is 1. The van der Waals surface area contributed by atoms with Crippen molar-refractivity contribution in [3.05, 3.63) is 0 Å². The van der Waals surface area contributed by atoms with E-state index in [2.05, 4.69) is 9.62 Å². The molecule has 1 N–H and O–H groups in total. The van der Waals surface area contributed by atoms with Crippen LogP contribution in [0.25, 0.3) is 0 Å². The Kier molecular flexibility index (Phi) is 6.35. The molecule has 134 valence electrons. The number of nitrogens with one attached hydrogen (secondary N) is 1. The van der Waals surface area contributed by atoms with E-state index >= 15 is 0 Å². The molecule has 0 aromatic carbocycles. The van der Waals surface area contributed by atoms with Crippen LogP contribution in [0, 0.1) is 11.8 Å². The highest BCUT2D eigenvalue weighted by Gasteiger charge is 2.29. The lowest BCUT2D eigenvalue weighted by Crippen LogP contribution is -2.43. The summed E-state index contributed by atoms with van der Waals surface area (Å²) in [5.74, 6) is 1.23. The zero-order valence-electron chi connectivity index (χ0n) is 14.2. The van der Waals surface area contributed by atoms with Gasteiger partial charge in [-0.25, -0.2) is 13.1 Å². The fourth-order valence-electron chi connectivity index (χ4n) is 4.38. The minimum Gasteiger partial charge on any atom is -0.381 e. The molecule has 0 bridgehead atoms. The number of sulfonamides is 1. The van der Waals surface area contributed by atoms with E-state index in [9.17, 15) is 8.42 Å². The van der Waals surface area contributed by atoms with Crippen molar-refractivity contribution < 1.29 is 13.2 Å². The molecular formula is C17H32N2O3S. The highest BCUT2D eigenvalue weighted by atomic mass is 32.2. The molecule has 0 radical (unpaired) electrons. The molecule has 5 nitrogen and oxygen atoms in total. The van der Waals surface area contributed by atoms with Crippen LogP contribution in [0.3, 0.4) is 0 Å². The molecule has 3 rings (SSSR count). The minimum absolute atomic E-state index is 0.175. The van der Waals surface area contributed by atoms with Gasteiger partial charge in [-0.15, -0.1) is 0 Å². The first kappa shape index (κ1) is 17.6. The SMILES string of the molecule is O=S(=O)(CC1CCOC1)NCC1CCCN1CC1CCCCC1. The maximum atomic E-state index is 12.3. The number of likely N-dealkylation sites (tertiary alicyclic amines) is 1. The second-order valence-corrected chi connectivity index (χ2v) is 9.51. The van der Waals surface area contributed by atoms with Crippen molar-refractivity contribution in [3.8, 4) is 0 Å². The molecule has 0 amide bonds. The van der Waals surface area contributed by atoms with Crippen molar-refractivity contribution in [2.24, 2.45) is 11.8 Å². The van der Waals surface area contributed by atoms with Crippen LogP contribution in [0.1, 0.15) is 51.4 Å². The molecule has 2 saturated heterocycles. The Morgan fingerprint density at radius 3 is 2.57 bits per heavy atom. The fourth-order valence-corrected chi connectivity index (χ4v) is 5.82. The lowest BCUT2D eigenvalue weighted by atomic mass is 9.89. The number of hydrogen-bond acceptors (Lipinski definition) is 4.